The number of benzene rings is 1. The maximum absolute atomic E-state index is 10.5. The molecular formula is C7H9N2NaO3S. The minimum absolute atomic E-state index is 0. The van der Waals surface area contributed by atoms with Crippen molar-refractivity contribution in [2.45, 2.75) is 6.92 Å². The summed E-state index contributed by atoms with van der Waals surface area (Å²) in [6.07, 6.45) is 0. The van der Waals surface area contributed by atoms with Crippen LogP contribution >= 0.6 is 0 Å². The molecule has 1 aromatic carbocycles. The van der Waals surface area contributed by atoms with Gasteiger partial charge in [-0.25, -0.2) is 4.55 Å². The molecule has 0 amide bonds. The quantitative estimate of drug-likeness (QED) is 0.349. The first-order valence-corrected chi connectivity index (χ1v) is 4.84. The van der Waals surface area contributed by atoms with E-state index < -0.39 is 10.3 Å². The van der Waals surface area contributed by atoms with E-state index in [0.29, 0.717) is 0 Å². The Balaban J connectivity index is 0.00000169. The van der Waals surface area contributed by atoms with Crippen LogP contribution in [0.25, 0.3) is 5.53 Å². The summed E-state index contributed by atoms with van der Waals surface area (Å²) in [6, 6.07) is 6.09. The van der Waals surface area contributed by atoms with E-state index in [1.54, 1.807) is 19.1 Å². The van der Waals surface area contributed by atoms with Crippen LogP contribution in [0.2, 0.25) is 0 Å². The monoisotopic (exact) mass is 224 g/mol. The van der Waals surface area contributed by atoms with Crippen LogP contribution < -0.4 is 0 Å². The van der Waals surface area contributed by atoms with Crippen LogP contribution in [0, 0.1) is 6.92 Å². The maximum atomic E-state index is 10.5. The van der Waals surface area contributed by atoms with Crippen molar-refractivity contribution < 1.29 is 17.1 Å². The molecule has 0 spiro atoms. The van der Waals surface area contributed by atoms with E-state index in [1.807, 2.05) is 0 Å². The number of hydrogen-bond donors (Lipinski definition) is 1. The predicted molar refractivity (Wildman–Crippen MR) is 53.2 cm³/mol. The van der Waals surface area contributed by atoms with Crippen LogP contribution in [0.5, 0.6) is 0 Å². The third-order valence-corrected chi connectivity index (χ3v) is 2.09. The molecule has 0 atom stereocenters. The molecule has 0 bridgehead atoms. The van der Waals surface area contributed by atoms with Gasteiger partial charge >= 0.3 is 39.9 Å². The summed E-state index contributed by atoms with van der Waals surface area (Å²) in [6.45, 7) is 1.74. The van der Waals surface area contributed by atoms with Crippen molar-refractivity contribution in [3.05, 3.63) is 35.4 Å². The molecule has 0 unspecified atom stereocenters. The fourth-order valence-electron chi connectivity index (χ4n) is 0.880. The molecule has 0 fully saturated rings. The first-order valence-electron chi connectivity index (χ1n) is 3.44. The summed E-state index contributed by atoms with van der Waals surface area (Å²) in [4.78, 5) is 0. The van der Waals surface area contributed by atoms with E-state index in [-0.39, 0.29) is 39.3 Å². The van der Waals surface area contributed by atoms with Crippen LogP contribution in [0.4, 0.5) is 5.69 Å². The molecule has 0 aliphatic rings. The second-order valence-electron chi connectivity index (χ2n) is 2.56. The number of hydrogen-bond acceptors (Lipinski definition) is 2. The van der Waals surface area contributed by atoms with Crippen LogP contribution in [-0.2, 0) is 10.3 Å². The van der Waals surface area contributed by atoms with Crippen molar-refractivity contribution >= 4 is 45.5 Å². The van der Waals surface area contributed by atoms with Crippen LogP contribution in [0.1, 0.15) is 5.56 Å². The van der Waals surface area contributed by atoms with Crippen molar-refractivity contribution in [3.8, 4) is 0 Å². The van der Waals surface area contributed by atoms with Gasteiger partial charge in [-0.05, 0) is 12.5 Å². The van der Waals surface area contributed by atoms with E-state index in [1.165, 1.54) is 12.1 Å². The Bertz CT molecular complexity index is 444. The zero-order valence-corrected chi connectivity index (χ0v) is 7.69. The molecule has 1 rings (SSSR count). The molecular weight excluding hydrogens is 215 g/mol. The summed E-state index contributed by atoms with van der Waals surface area (Å²) in [5.41, 5.74) is 9.76. The van der Waals surface area contributed by atoms with Crippen molar-refractivity contribution in [2.75, 3.05) is 0 Å². The van der Waals surface area contributed by atoms with E-state index in [0.717, 1.165) is 5.56 Å². The van der Waals surface area contributed by atoms with Gasteiger partial charge in [0.2, 0.25) is 5.69 Å². The SMILES string of the molecule is Cc1cccc([N+](=[N-])S(=O)(=O)O)c1.[NaH]. The molecule has 5 nitrogen and oxygen atoms in total. The first-order chi connectivity index (χ1) is 5.91. The Kier molecular flexibility index (Phi) is 4.90. The van der Waals surface area contributed by atoms with Gasteiger partial charge in [-0.3, -0.25) is 0 Å². The Morgan fingerprint density at radius 3 is 2.43 bits per heavy atom. The first kappa shape index (κ1) is 13.7. The Labute approximate surface area is 104 Å². The zero-order valence-electron chi connectivity index (χ0n) is 6.88. The Hall–Kier alpha value is -0.270. The number of aryl methyl sites for hydroxylation is 1. The number of rotatable bonds is 2. The molecule has 14 heavy (non-hydrogen) atoms. The molecule has 7 heteroatoms. The molecule has 0 heterocycles. The van der Waals surface area contributed by atoms with Gasteiger partial charge in [-0.2, -0.15) is 0 Å². The molecule has 0 radical (unpaired) electrons. The van der Waals surface area contributed by atoms with Gasteiger partial charge in [-0.15, -0.1) is 12.5 Å². The second kappa shape index (κ2) is 4.99. The van der Waals surface area contributed by atoms with Gasteiger partial charge in [0.25, 0.3) is 0 Å². The topological polar surface area (TPSA) is 79.7 Å². The molecule has 0 aromatic heterocycles. The molecule has 1 N–H and O–H groups in total. The third kappa shape index (κ3) is 3.47. The van der Waals surface area contributed by atoms with E-state index in [9.17, 15) is 8.42 Å². The molecule has 0 saturated carbocycles. The van der Waals surface area contributed by atoms with Crippen LogP contribution in [0.3, 0.4) is 0 Å². The summed E-state index contributed by atoms with van der Waals surface area (Å²) in [7, 11) is -4.58. The number of nitrogens with zero attached hydrogens (tertiary/aromatic N) is 2. The van der Waals surface area contributed by atoms with Crippen LogP contribution in [0.15, 0.2) is 24.3 Å². The van der Waals surface area contributed by atoms with Gasteiger partial charge in [0, 0.05) is 12.1 Å². The van der Waals surface area contributed by atoms with Gasteiger partial charge in [0.15, 0.2) is 0 Å². The van der Waals surface area contributed by atoms with Gasteiger partial charge in [0.1, 0.15) is 0 Å². The fraction of sp³-hybridized carbons (Fsp3) is 0.143. The summed E-state index contributed by atoms with van der Waals surface area (Å²) < 4.78 is 29.2. The van der Waals surface area contributed by atoms with E-state index in [4.69, 9.17) is 10.1 Å². The average Bonchev–Trinajstić information content (AvgIpc) is 2.01. The zero-order chi connectivity index (χ0) is 10.1. The standard InChI is InChI=1S/C7H8N2O3S.Na.H/c1-6-3-2-4-7(5-6)9(8)13(10,11)12;;/h2-5H,1H3,(H,10,11,12);;. The van der Waals surface area contributed by atoms with Gasteiger partial charge < -0.3 is 5.53 Å². The van der Waals surface area contributed by atoms with Crippen molar-refractivity contribution in [1.82, 2.24) is 0 Å². The van der Waals surface area contributed by atoms with Crippen molar-refractivity contribution in [3.63, 3.8) is 0 Å². The second-order valence-corrected chi connectivity index (χ2v) is 3.80. The predicted octanol–water partition coefficient (Wildman–Crippen LogP) is 0.815. The summed E-state index contributed by atoms with van der Waals surface area (Å²) in [5.74, 6) is 0. The minimum atomic E-state index is -4.58. The van der Waals surface area contributed by atoms with Gasteiger partial charge in [0.05, 0.1) is 0 Å². The van der Waals surface area contributed by atoms with Crippen molar-refractivity contribution in [2.24, 2.45) is 0 Å². The van der Waals surface area contributed by atoms with Crippen LogP contribution in [-0.4, -0.2) is 46.6 Å². The van der Waals surface area contributed by atoms with E-state index in [2.05, 4.69) is 0 Å². The molecule has 0 aliphatic carbocycles. The molecule has 72 valence electrons. The fourth-order valence-corrected chi connectivity index (χ4v) is 1.26. The Morgan fingerprint density at radius 1 is 1.43 bits per heavy atom. The summed E-state index contributed by atoms with van der Waals surface area (Å²) in [5, 5.41) is 0. The average molecular weight is 224 g/mol. The molecule has 0 saturated heterocycles. The van der Waals surface area contributed by atoms with Crippen molar-refractivity contribution in [1.29, 1.82) is 0 Å². The normalized spacial score (nSPS) is 10.4. The molecule has 1 aromatic rings. The molecule has 0 aliphatic heterocycles. The third-order valence-electron chi connectivity index (χ3n) is 1.44. The summed E-state index contributed by atoms with van der Waals surface area (Å²) >= 11 is 0. The van der Waals surface area contributed by atoms with E-state index >= 15 is 0 Å². The van der Waals surface area contributed by atoms with Gasteiger partial charge in [-0.1, -0.05) is 12.1 Å². The Morgan fingerprint density at radius 2 is 2.00 bits per heavy atom.